The fourth-order valence-corrected chi connectivity index (χ4v) is 13.7. The number of aromatic nitrogens is 4. The summed E-state index contributed by atoms with van der Waals surface area (Å²) in [6.45, 7) is 20.6. The number of ether oxygens (including phenoxy) is 3. The highest BCUT2D eigenvalue weighted by atomic mass is 32.1. The number of piperazine rings is 1. The topological polar surface area (TPSA) is 225 Å². The number of likely N-dealkylation sites (tertiary alicyclic amines) is 2. The van der Waals surface area contributed by atoms with Gasteiger partial charge in [-0.15, -0.1) is 11.3 Å². The Bertz CT molecular complexity index is 3510. The van der Waals surface area contributed by atoms with Crippen LogP contribution in [0.1, 0.15) is 123 Å². The van der Waals surface area contributed by atoms with Crippen molar-refractivity contribution < 1.29 is 48.0 Å². The third kappa shape index (κ3) is 12.7. The highest BCUT2D eigenvalue weighted by molar-refractivity contribution is 7.13. The Morgan fingerprint density at radius 3 is 2.29 bits per heavy atom. The van der Waals surface area contributed by atoms with Crippen LogP contribution in [0.2, 0.25) is 0 Å². The van der Waals surface area contributed by atoms with Gasteiger partial charge < -0.3 is 44.9 Å². The first kappa shape index (κ1) is 60.6. The molecule has 2 bridgehead atoms. The van der Waals surface area contributed by atoms with E-state index in [1.54, 1.807) is 29.7 Å². The number of carbonyl (C=O) groups is 4. The number of thiazole rings is 1. The molecule has 4 N–H and O–H groups in total. The Morgan fingerprint density at radius 1 is 0.919 bits per heavy atom. The average molecular weight is 1200 g/mol. The molecule has 86 heavy (non-hydrogen) atoms. The van der Waals surface area contributed by atoms with E-state index < -0.39 is 46.5 Å². The zero-order valence-corrected chi connectivity index (χ0v) is 51.6. The molecule has 1 aliphatic carbocycles. The molecule has 21 heteroatoms. The summed E-state index contributed by atoms with van der Waals surface area (Å²) >= 11 is 1.57. The van der Waals surface area contributed by atoms with Crippen molar-refractivity contribution in [1.82, 2.24) is 45.3 Å². The van der Waals surface area contributed by atoms with Crippen molar-refractivity contribution in [3.63, 3.8) is 0 Å². The molecular formula is C65H81FN10O9S. The van der Waals surface area contributed by atoms with Crippen molar-refractivity contribution in [3.05, 3.63) is 88.9 Å². The van der Waals surface area contributed by atoms with E-state index in [4.69, 9.17) is 29.2 Å². The predicted molar refractivity (Wildman–Crippen MR) is 327 cm³/mol. The summed E-state index contributed by atoms with van der Waals surface area (Å²) < 4.78 is 36.1. The van der Waals surface area contributed by atoms with Crippen molar-refractivity contribution in [2.45, 2.75) is 161 Å². The Morgan fingerprint density at radius 2 is 1.64 bits per heavy atom. The number of phenolic OH excluding ortho intramolecular Hbond substituents is 1. The fraction of sp³-hybridized carbons (Fsp3) is 0.538. The van der Waals surface area contributed by atoms with E-state index in [1.165, 1.54) is 4.90 Å². The van der Waals surface area contributed by atoms with Crippen molar-refractivity contribution in [2.24, 2.45) is 11.3 Å². The van der Waals surface area contributed by atoms with Gasteiger partial charge in [0.2, 0.25) is 11.8 Å². The van der Waals surface area contributed by atoms with Crippen molar-refractivity contribution in [2.75, 3.05) is 57.4 Å². The van der Waals surface area contributed by atoms with Crippen LogP contribution in [-0.4, -0.2) is 163 Å². The predicted octanol–water partition coefficient (Wildman–Crippen LogP) is 9.28. The van der Waals surface area contributed by atoms with Gasteiger partial charge in [-0.05, 0) is 144 Å². The number of anilines is 1. The monoisotopic (exact) mass is 1200 g/mol. The van der Waals surface area contributed by atoms with Crippen molar-refractivity contribution >= 4 is 62.6 Å². The number of aliphatic hydroxyl groups excluding tert-OH is 1. The van der Waals surface area contributed by atoms with E-state index in [0.717, 1.165) is 76.8 Å². The second-order valence-corrected chi connectivity index (χ2v) is 27.1. The molecule has 6 atom stereocenters. The molecule has 5 aliphatic rings. The zero-order valence-electron chi connectivity index (χ0n) is 50.8. The number of phenols is 1. The number of rotatable bonds is 17. The van der Waals surface area contributed by atoms with Gasteiger partial charge in [-0.1, -0.05) is 70.2 Å². The summed E-state index contributed by atoms with van der Waals surface area (Å²) in [6.07, 6.45) is 5.37. The molecule has 11 rings (SSSR count). The summed E-state index contributed by atoms with van der Waals surface area (Å²) in [7, 11) is 0. The van der Waals surface area contributed by atoms with E-state index in [0.29, 0.717) is 62.3 Å². The maximum atomic E-state index is 17.4. The fourth-order valence-electron chi connectivity index (χ4n) is 12.9. The number of aryl methyl sites for hydroxylation is 2. The van der Waals surface area contributed by atoms with Crippen molar-refractivity contribution in [3.8, 4) is 33.5 Å². The van der Waals surface area contributed by atoms with E-state index in [2.05, 4.69) is 25.4 Å². The number of nitrogens with zero attached hydrogens (tertiary/aromatic N) is 8. The Balaban J connectivity index is 0.716. The molecule has 19 nitrogen and oxygen atoms in total. The number of hydrogen-bond donors (Lipinski definition) is 4. The van der Waals surface area contributed by atoms with E-state index in [1.807, 2.05) is 115 Å². The number of hydrogen-bond acceptors (Lipinski definition) is 16. The molecule has 6 aromatic rings. The van der Waals surface area contributed by atoms with Gasteiger partial charge in [0.25, 0.3) is 5.91 Å². The summed E-state index contributed by atoms with van der Waals surface area (Å²) in [5, 5.41) is 29.8. The van der Waals surface area contributed by atoms with Gasteiger partial charge >= 0.3 is 12.1 Å². The van der Waals surface area contributed by atoms with E-state index in [-0.39, 0.29) is 84.5 Å². The number of aromatic hydroxyl groups is 1. The molecule has 2 unspecified atom stereocenters. The number of pyridine rings is 1. The van der Waals surface area contributed by atoms with Crippen LogP contribution in [-0.2, 0) is 30.3 Å². The Hall–Kier alpha value is -7.07. The minimum Gasteiger partial charge on any atom is -0.508 e. The lowest BCUT2D eigenvalue weighted by molar-refractivity contribution is -0.147. The second-order valence-electron chi connectivity index (χ2n) is 26.3. The number of aliphatic hydroxyl groups is 1. The maximum Gasteiger partial charge on any atom is 0.410 e. The van der Waals surface area contributed by atoms with Gasteiger partial charge in [-0.2, -0.15) is 9.97 Å². The first-order chi connectivity index (χ1) is 41.0. The maximum absolute atomic E-state index is 17.4. The largest absolute Gasteiger partial charge is 0.508 e. The number of nitrogens with one attached hydrogen (secondary N) is 2. The Kier molecular flexibility index (Phi) is 17.1. The molecule has 458 valence electrons. The van der Waals surface area contributed by atoms with Gasteiger partial charge in [0, 0.05) is 44.4 Å². The highest BCUT2D eigenvalue weighted by Gasteiger charge is 2.54. The minimum atomic E-state index is -1.06. The molecule has 7 heterocycles. The van der Waals surface area contributed by atoms with Crippen LogP contribution in [0.15, 0.2) is 66.3 Å². The number of halogens is 1. The van der Waals surface area contributed by atoms with Gasteiger partial charge in [0.1, 0.15) is 52.7 Å². The lowest BCUT2D eigenvalue weighted by atomic mass is 9.85. The van der Waals surface area contributed by atoms with Crippen LogP contribution < -0.4 is 20.3 Å². The number of fused-ring (bicyclic) bond motifs is 4. The molecule has 5 fully saturated rings. The van der Waals surface area contributed by atoms with Crippen LogP contribution in [0.25, 0.3) is 43.4 Å². The molecule has 0 spiro atoms. The lowest BCUT2D eigenvalue weighted by Gasteiger charge is -2.42. The third-order valence-electron chi connectivity index (χ3n) is 17.8. The van der Waals surface area contributed by atoms with Crippen LogP contribution in [0, 0.1) is 24.1 Å². The minimum absolute atomic E-state index is 0.00890. The summed E-state index contributed by atoms with van der Waals surface area (Å²) in [5.74, 6) is -1.17. The summed E-state index contributed by atoms with van der Waals surface area (Å²) in [4.78, 5) is 83.6. The van der Waals surface area contributed by atoms with Crippen molar-refractivity contribution in [1.29, 1.82) is 0 Å². The van der Waals surface area contributed by atoms with Crippen LogP contribution >= 0.6 is 11.3 Å². The molecule has 3 aromatic carbocycles. The lowest BCUT2D eigenvalue weighted by Crippen LogP contribution is -2.59. The van der Waals surface area contributed by atoms with Gasteiger partial charge in [-0.3, -0.25) is 29.2 Å². The van der Waals surface area contributed by atoms with Crippen LogP contribution in [0.5, 0.6) is 11.8 Å². The molecule has 0 radical (unpaired) electrons. The van der Waals surface area contributed by atoms with Gasteiger partial charge in [-0.25, -0.2) is 14.2 Å². The normalized spacial score (nSPS) is 21.4. The van der Waals surface area contributed by atoms with E-state index >= 15 is 4.39 Å². The van der Waals surface area contributed by atoms with Gasteiger partial charge in [0.15, 0.2) is 5.82 Å². The smallest absolute Gasteiger partial charge is 0.410 e. The standard InChI is InChI=1S/C65H81FN10O9S/c1-10-40-12-11-13-43-28-46(77)29-48(51(40)43)53-52(66)54-49(31-67-53)57(74-32-44-18-19-45(33-74)76(44)62(82)85-64(7,8)9)72-61(70-54)83-27-26-73-24-20-39(21-25-73)35-84-65(22-23-65)60(81)71-56(63(4,5)6)59(80)75-34-47(78)30-50(75)58(79)69-37(2)41-14-16-42(17-15-41)55-38(3)68-36-86-55/h11-17,28-29,31,36-37,39,44-45,47,50,56,77-78H,10,18-27,30,32-35H2,1-9H3,(H,69,79)(H,71,81)/t37-,44?,45?,47+,50-,56+/m0/s1. The SMILES string of the molecule is CCc1cccc2cc(O)cc(-c3ncc4c(N5CC6CCC(C5)N6C(=O)OC(C)(C)C)nc(OCCN5CCC(COC6(C(=O)N[C@H](C(=O)N7C[C@H](O)C[C@H]7C(=O)N[C@@H](C)c7ccc(-c8scnc8C)cc7)C(C)(C)C)CC6)CC5)nc4c3F)c12. The zero-order chi connectivity index (χ0) is 61.0. The first-order valence-electron chi connectivity index (χ1n) is 30.4. The number of benzene rings is 3. The molecule has 4 amide bonds. The molecule has 1 saturated carbocycles. The quantitative estimate of drug-likeness (QED) is 0.0668. The van der Waals surface area contributed by atoms with Gasteiger partial charge in [0.05, 0.1) is 52.3 Å². The van der Waals surface area contributed by atoms with Crippen LogP contribution in [0.3, 0.4) is 0 Å². The number of carbonyl (C=O) groups excluding carboxylic acids is 4. The molecule has 4 aliphatic heterocycles. The Labute approximate surface area is 506 Å². The second kappa shape index (κ2) is 24.2. The molecule has 4 saturated heterocycles. The first-order valence-corrected chi connectivity index (χ1v) is 31.3. The summed E-state index contributed by atoms with van der Waals surface area (Å²) in [6, 6.07) is 14.4. The summed E-state index contributed by atoms with van der Waals surface area (Å²) in [5.41, 5.74) is 3.81. The van der Waals surface area contributed by atoms with Crippen LogP contribution in [0.4, 0.5) is 15.0 Å². The number of amides is 4. The number of piperidine rings is 1. The number of β-amino-alcohol motifs (C(OH)–C–C–N with tert-alkyl or cyclic N) is 1. The van der Waals surface area contributed by atoms with E-state index in [9.17, 15) is 29.4 Å². The highest BCUT2D eigenvalue weighted by Crippen LogP contribution is 2.43. The third-order valence-corrected chi connectivity index (χ3v) is 18.8. The molecule has 3 aromatic heterocycles. The molecular weight excluding hydrogens is 1120 g/mol. The average Bonchev–Trinajstić information content (AvgIpc) is 1.09.